The van der Waals surface area contributed by atoms with Crippen LogP contribution >= 0.6 is 22.9 Å². The van der Waals surface area contributed by atoms with Gasteiger partial charge in [0.05, 0.1) is 28.6 Å². The molecule has 1 aliphatic rings. The Bertz CT molecular complexity index is 962. The molecule has 8 heteroatoms. The van der Waals surface area contributed by atoms with Crippen LogP contribution in [-0.4, -0.2) is 35.3 Å². The summed E-state index contributed by atoms with van der Waals surface area (Å²) in [4.78, 5) is 19.4. The molecule has 3 aromatic rings. The van der Waals surface area contributed by atoms with Crippen LogP contribution in [-0.2, 0) is 4.74 Å². The molecule has 1 fully saturated rings. The van der Waals surface area contributed by atoms with Crippen LogP contribution in [0.5, 0.6) is 0 Å². The van der Waals surface area contributed by atoms with Gasteiger partial charge in [0.15, 0.2) is 5.13 Å². The summed E-state index contributed by atoms with van der Waals surface area (Å²) in [7, 11) is 0. The molecule has 136 valence electrons. The molecule has 1 unspecified atom stereocenters. The molecule has 0 bridgehead atoms. The van der Waals surface area contributed by atoms with Gasteiger partial charge >= 0.3 is 0 Å². The number of carbonyl (C=O) groups excluding carboxylic acids is 1. The van der Waals surface area contributed by atoms with E-state index < -0.39 is 0 Å². The zero-order valence-corrected chi connectivity index (χ0v) is 16.1. The molecule has 0 spiro atoms. The maximum atomic E-state index is 13.1. The molecule has 3 heterocycles. The lowest BCUT2D eigenvalue weighted by atomic mass is 10.2. The van der Waals surface area contributed by atoms with E-state index in [1.807, 2.05) is 19.1 Å². The van der Waals surface area contributed by atoms with Gasteiger partial charge in [-0.15, -0.1) is 0 Å². The Balaban J connectivity index is 1.74. The lowest BCUT2D eigenvalue weighted by Crippen LogP contribution is -2.37. The molecule has 1 aliphatic heterocycles. The minimum Gasteiger partial charge on any atom is -0.376 e. The van der Waals surface area contributed by atoms with Crippen LogP contribution in [0.4, 0.5) is 5.13 Å². The maximum absolute atomic E-state index is 13.1. The molecule has 1 amide bonds. The van der Waals surface area contributed by atoms with Gasteiger partial charge in [-0.3, -0.25) is 9.69 Å². The predicted molar refractivity (Wildman–Crippen MR) is 101 cm³/mol. The average molecular weight is 392 g/mol. The largest absolute Gasteiger partial charge is 0.376 e. The van der Waals surface area contributed by atoms with Crippen molar-refractivity contribution in [2.24, 2.45) is 0 Å². The third-order valence-electron chi connectivity index (χ3n) is 4.36. The Labute approximate surface area is 159 Å². The molecular weight excluding hydrogens is 374 g/mol. The van der Waals surface area contributed by atoms with E-state index in [-0.39, 0.29) is 17.8 Å². The molecule has 4 rings (SSSR count). The second-order valence-corrected chi connectivity index (χ2v) is 7.89. The number of carbonyl (C=O) groups is 1. The fraction of sp³-hybridized carbons (Fsp3) is 0.389. The van der Waals surface area contributed by atoms with Crippen LogP contribution in [0, 0.1) is 13.8 Å². The SMILES string of the molecule is Cc1cc(C(=O)N(CC2CCCO2)c2nc3c(C)cc(Cl)cc3s2)on1. The van der Waals surface area contributed by atoms with Crippen LogP contribution in [0.2, 0.25) is 5.02 Å². The smallest absolute Gasteiger partial charge is 0.298 e. The van der Waals surface area contributed by atoms with E-state index in [2.05, 4.69) is 5.16 Å². The van der Waals surface area contributed by atoms with Crippen molar-refractivity contribution in [3.8, 4) is 0 Å². The predicted octanol–water partition coefficient (Wildman–Crippen LogP) is 4.38. The standard InChI is InChI=1S/C18H18ClN3O3S/c1-10-6-12(19)8-15-16(10)20-18(26-15)22(9-13-4-3-5-24-13)17(23)14-7-11(2)21-25-14/h6-8,13H,3-5,9H2,1-2H3. The van der Waals surface area contributed by atoms with Crippen molar-refractivity contribution >= 4 is 44.2 Å². The van der Waals surface area contributed by atoms with Gasteiger partial charge in [0.25, 0.3) is 5.91 Å². The molecular formula is C18H18ClN3O3S. The third kappa shape index (κ3) is 3.34. The highest BCUT2D eigenvalue weighted by molar-refractivity contribution is 7.22. The van der Waals surface area contributed by atoms with Crippen LogP contribution in [0.3, 0.4) is 0 Å². The zero-order chi connectivity index (χ0) is 18.3. The highest BCUT2D eigenvalue weighted by atomic mass is 35.5. The fourth-order valence-corrected chi connectivity index (χ4v) is 4.52. The number of ether oxygens (including phenoxy) is 1. The fourth-order valence-electron chi connectivity index (χ4n) is 3.10. The number of amides is 1. The average Bonchev–Trinajstić information content (AvgIpc) is 3.32. The number of thiazole rings is 1. The highest BCUT2D eigenvalue weighted by Gasteiger charge is 2.29. The van der Waals surface area contributed by atoms with Crippen molar-refractivity contribution in [1.29, 1.82) is 0 Å². The first kappa shape index (κ1) is 17.5. The summed E-state index contributed by atoms with van der Waals surface area (Å²) in [5, 5.41) is 5.10. The summed E-state index contributed by atoms with van der Waals surface area (Å²) in [5.74, 6) is -0.0570. The monoisotopic (exact) mass is 391 g/mol. The Morgan fingerprint density at radius 2 is 2.23 bits per heavy atom. The number of rotatable bonds is 4. The molecule has 1 atom stereocenters. The van der Waals surface area contributed by atoms with E-state index in [9.17, 15) is 4.79 Å². The molecule has 1 aromatic carbocycles. The normalized spacial score (nSPS) is 17.1. The van der Waals surface area contributed by atoms with Gasteiger partial charge < -0.3 is 9.26 Å². The lowest BCUT2D eigenvalue weighted by Gasteiger charge is -2.21. The second kappa shape index (κ2) is 6.98. The molecule has 6 nitrogen and oxygen atoms in total. The van der Waals surface area contributed by atoms with E-state index in [1.165, 1.54) is 11.3 Å². The summed E-state index contributed by atoms with van der Waals surface area (Å²) in [6.07, 6.45) is 1.93. The van der Waals surface area contributed by atoms with E-state index in [4.69, 9.17) is 25.8 Å². The Morgan fingerprint density at radius 3 is 2.92 bits per heavy atom. The number of halogens is 1. The van der Waals surface area contributed by atoms with Crippen molar-refractivity contribution in [1.82, 2.24) is 10.1 Å². The van der Waals surface area contributed by atoms with E-state index in [1.54, 1.807) is 17.9 Å². The van der Waals surface area contributed by atoms with E-state index in [0.29, 0.717) is 22.4 Å². The van der Waals surface area contributed by atoms with Gasteiger partial charge in [-0.1, -0.05) is 28.1 Å². The van der Waals surface area contributed by atoms with Gasteiger partial charge in [0, 0.05) is 17.7 Å². The van der Waals surface area contributed by atoms with Crippen LogP contribution < -0.4 is 4.90 Å². The Hall–Kier alpha value is -1.96. The first-order chi connectivity index (χ1) is 12.5. The summed E-state index contributed by atoms with van der Waals surface area (Å²) < 4.78 is 11.9. The second-order valence-electron chi connectivity index (χ2n) is 6.45. The Morgan fingerprint density at radius 1 is 1.38 bits per heavy atom. The van der Waals surface area contributed by atoms with Gasteiger partial charge in [-0.05, 0) is 44.4 Å². The topological polar surface area (TPSA) is 68.5 Å². The number of nitrogens with zero attached hydrogens (tertiary/aromatic N) is 3. The zero-order valence-electron chi connectivity index (χ0n) is 14.5. The van der Waals surface area contributed by atoms with Crippen LogP contribution in [0.15, 0.2) is 22.7 Å². The first-order valence-corrected chi connectivity index (χ1v) is 9.64. The molecule has 0 saturated carbocycles. The number of hydrogen-bond donors (Lipinski definition) is 0. The van der Waals surface area contributed by atoms with Gasteiger partial charge in [0.2, 0.25) is 5.76 Å². The van der Waals surface area contributed by atoms with Gasteiger partial charge in [-0.25, -0.2) is 4.98 Å². The van der Waals surface area contributed by atoms with Crippen molar-refractivity contribution in [2.75, 3.05) is 18.1 Å². The molecule has 0 N–H and O–H groups in total. The van der Waals surface area contributed by atoms with Crippen LogP contribution in [0.25, 0.3) is 10.2 Å². The van der Waals surface area contributed by atoms with Gasteiger partial charge in [0.1, 0.15) is 0 Å². The lowest BCUT2D eigenvalue weighted by molar-refractivity contribution is 0.0887. The van der Waals surface area contributed by atoms with Crippen molar-refractivity contribution in [3.05, 3.63) is 40.2 Å². The third-order valence-corrected chi connectivity index (χ3v) is 5.61. The minimum absolute atomic E-state index is 0.000310. The maximum Gasteiger partial charge on any atom is 0.298 e. The van der Waals surface area contributed by atoms with Crippen molar-refractivity contribution in [3.63, 3.8) is 0 Å². The molecule has 0 radical (unpaired) electrons. The summed E-state index contributed by atoms with van der Waals surface area (Å²) in [6.45, 7) is 4.91. The number of hydrogen-bond acceptors (Lipinski definition) is 6. The van der Waals surface area contributed by atoms with Crippen molar-refractivity contribution in [2.45, 2.75) is 32.8 Å². The number of anilines is 1. The highest BCUT2D eigenvalue weighted by Crippen LogP contribution is 2.34. The first-order valence-electron chi connectivity index (χ1n) is 8.45. The Kier molecular flexibility index (Phi) is 4.69. The molecule has 2 aromatic heterocycles. The number of aryl methyl sites for hydroxylation is 2. The van der Waals surface area contributed by atoms with E-state index in [0.717, 1.165) is 35.2 Å². The molecule has 1 saturated heterocycles. The number of aromatic nitrogens is 2. The summed E-state index contributed by atoms with van der Waals surface area (Å²) in [5.41, 5.74) is 2.50. The number of fused-ring (bicyclic) bond motifs is 1. The van der Waals surface area contributed by atoms with Gasteiger partial charge in [-0.2, -0.15) is 0 Å². The summed E-state index contributed by atoms with van der Waals surface area (Å²) in [6, 6.07) is 5.39. The molecule has 0 aliphatic carbocycles. The summed E-state index contributed by atoms with van der Waals surface area (Å²) >= 11 is 7.61. The van der Waals surface area contributed by atoms with Crippen molar-refractivity contribution < 1.29 is 14.1 Å². The number of benzene rings is 1. The minimum atomic E-state index is -0.260. The molecule has 26 heavy (non-hydrogen) atoms. The van der Waals surface area contributed by atoms with E-state index >= 15 is 0 Å². The van der Waals surface area contributed by atoms with Crippen LogP contribution in [0.1, 0.15) is 34.7 Å². The quantitative estimate of drug-likeness (QED) is 0.660.